The first-order chi connectivity index (χ1) is 10.1. The molecule has 0 saturated heterocycles. The quantitative estimate of drug-likeness (QED) is 0.843. The van der Waals surface area contributed by atoms with E-state index in [0.717, 1.165) is 24.1 Å². The van der Waals surface area contributed by atoms with Gasteiger partial charge in [0.05, 0.1) is 11.6 Å². The Hall–Kier alpha value is -2.25. The van der Waals surface area contributed by atoms with E-state index in [1.54, 1.807) is 12.1 Å². The molecule has 2 aromatic rings. The summed E-state index contributed by atoms with van der Waals surface area (Å²) in [6.45, 7) is 3.37. The van der Waals surface area contributed by atoms with Crippen LogP contribution in [0.2, 0.25) is 0 Å². The van der Waals surface area contributed by atoms with Crippen molar-refractivity contribution in [3.63, 3.8) is 0 Å². The molecule has 2 nitrogen and oxygen atoms in total. The number of nitrogens with one attached hydrogen (secondary N) is 1. The van der Waals surface area contributed by atoms with Gasteiger partial charge >= 0.3 is 0 Å². The van der Waals surface area contributed by atoms with Crippen molar-refractivity contribution in [2.24, 2.45) is 0 Å². The molecule has 1 N–H and O–H groups in total. The van der Waals surface area contributed by atoms with Gasteiger partial charge < -0.3 is 5.32 Å². The normalized spacial score (nSPS) is 10.4. The minimum Gasteiger partial charge on any atom is -0.313 e. The van der Waals surface area contributed by atoms with Gasteiger partial charge in [0.25, 0.3) is 0 Å². The number of hydrogen-bond acceptors (Lipinski definition) is 2. The van der Waals surface area contributed by atoms with Gasteiger partial charge in [0.2, 0.25) is 0 Å². The van der Waals surface area contributed by atoms with Crippen LogP contribution in [0.5, 0.6) is 0 Å². The average Bonchev–Trinajstić information content (AvgIpc) is 2.47. The Kier molecular flexibility index (Phi) is 5.02. The highest BCUT2D eigenvalue weighted by Gasteiger charge is 2.09. The second-order valence-corrected chi connectivity index (χ2v) is 4.82. The third kappa shape index (κ3) is 3.87. The van der Waals surface area contributed by atoms with Crippen molar-refractivity contribution in [2.75, 3.05) is 6.54 Å². The summed E-state index contributed by atoms with van der Waals surface area (Å²) in [4.78, 5) is 0. The molecule has 2 rings (SSSR count). The first-order valence-corrected chi connectivity index (χ1v) is 6.84. The Labute approximate surface area is 123 Å². The molecule has 0 radical (unpaired) electrons. The van der Waals surface area contributed by atoms with Crippen molar-refractivity contribution in [3.05, 3.63) is 59.2 Å². The Balaban J connectivity index is 2.43. The SMILES string of the molecule is CCCNCc1cc(F)ccc1-c1cc(F)cc(C#N)c1. The fourth-order valence-corrected chi connectivity index (χ4v) is 2.20. The fourth-order valence-electron chi connectivity index (χ4n) is 2.20. The largest absolute Gasteiger partial charge is 0.313 e. The summed E-state index contributed by atoms with van der Waals surface area (Å²) >= 11 is 0. The first kappa shape index (κ1) is 15.1. The lowest BCUT2D eigenvalue weighted by molar-refractivity contribution is 0.619. The summed E-state index contributed by atoms with van der Waals surface area (Å²) in [7, 11) is 0. The number of halogens is 2. The van der Waals surface area contributed by atoms with Crippen LogP contribution in [-0.2, 0) is 6.54 Å². The Morgan fingerprint density at radius 2 is 1.90 bits per heavy atom. The molecule has 0 fully saturated rings. The highest BCUT2D eigenvalue weighted by atomic mass is 19.1. The highest BCUT2D eigenvalue weighted by Crippen LogP contribution is 2.26. The highest BCUT2D eigenvalue weighted by molar-refractivity contribution is 5.69. The van der Waals surface area contributed by atoms with Crippen molar-refractivity contribution in [2.45, 2.75) is 19.9 Å². The van der Waals surface area contributed by atoms with Crippen molar-refractivity contribution in [1.82, 2.24) is 5.32 Å². The van der Waals surface area contributed by atoms with Gasteiger partial charge in [-0.25, -0.2) is 8.78 Å². The summed E-state index contributed by atoms with van der Waals surface area (Å²) in [5.41, 5.74) is 2.32. The monoisotopic (exact) mass is 286 g/mol. The van der Waals surface area contributed by atoms with E-state index < -0.39 is 5.82 Å². The van der Waals surface area contributed by atoms with E-state index in [0.29, 0.717) is 12.1 Å². The summed E-state index contributed by atoms with van der Waals surface area (Å²) in [5.74, 6) is -0.801. The van der Waals surface area contributed by atoms with E-state index in [1.807, 2.05) is 13.0 Å². The van der Waals surface area contributed by atoms with Crippen LogP contribution in [0.15, 0.2) is 36.4 Å². The van der Waals surface area contributed by atoms with Crippen LogP contribution in [0, 0.1) is 23.0 Å². The molecule has 21 heavy (non-hydrogen) atoms. The minimum absolute atomic E-state index is 0.252. The van der Waals surface area contributed by atoms with Gasteiger partial charge in [0.15, 0.2) is 0 Å². The maximum Gasteiger partial charge on any atom is 0.125 e. The predicted octanol–water partition coefficient (Wildman–Crippen LogP) is 4.00. The molecular formula is C17H16F2N2. The molecule has 0 atom stereocenters. The predicted molar refractivity (Wildman–Crippen MR) is 78.5 cm³/mol. The van der Waals surface area contributed by atoms with Crippen molar-refractivity contribution in [3.8, 4) is 17.2 Å². The van der Waals surface area contributed by atoms with E-state index in [-0.39, 0.29) is 11.4 Å². The fraction of sp³-hybridized carbons (Fsp3) is 0.235. The Morgan fingerprint density at radius 3 is 2.62 bits per heavy atom. The van der Waals surface area contributed by atoms with Crippen LogP contribution in [-0.4, -0.2) is 6.54 Å². The van der Waals surface area contributed by atoms with Crippen LogP contribution in [0.1, 0.15) is 24.5 Å². The molecule has 0 aliphatic carbocycles. The summed E-state index contributed by atoms with van der Waals surface area (Å²) in [6.07, 6.45) is 0.975. The van der Waals surface area contributed by atoms with E-state index >= 15 is 0 Å². The maximum atomic E-state index is 13.6. The molecule has 108 valence electrons. The van der Waals surface area contributed by atoms with Gasteiger partial charge in [0, 0.05) is 6.54 Å². The summed E-state index contributed by atoms with van der Waals surface area (Å²) in [6, 6.07) is 10.5. The summed E-state index contributed by atoms with van der Waals surface area (Å²) in [5, 5.41) is 12.1. The first-order valence-electron chi connectivity index (χ1n) is 6.84. The van der Waals surface area contributed by atoms with Gasteiger partial charge in [-0.3, -0.25) is 0 Å². The third-order valence-corrected chi connectivity index (χ3v) is 3.15. The molecule has 0 heterocycles. The van der Waals surface area contributed by atoms with E-state index in [4.69, 9.17) is 5.26 Å². The number of nitrogens with zero attached hydrogens (tertiary/aromatic N) is 1. The topological polar surface area (TPSA) is 35.8 Å². The number of hydrogen-bond donors (Lipinski definition) is 1. The molecule has 0 aliphatic heterocycles. The maximum absolute atomic E-state index is 13.6. The third-order valence-electron chi connectivity index (χ3n) is 3.15. The molecule has 0 spiro atoms. The molecule has 0 bridgehead atoms. The lowest BCUT2D eigenvalue weighted by atomic mass is 9.97. The van der Waals surface area contributed by atoms with E-state index in [2.05, 4.69) is 5.32 Å². The van der Waals surface area contributed by atoms with E-state index in [9.17, 15) is 8.78 Å². The molecule has 0 saturated carbocycles. The summed E-state index contributed by atoms with van der Waals surface area (Å²) < 4.78 is 27.0. The van der Waals surface area contributed by atoms with Gasteiger partial charge in [-0.05, 0) is 60.0 Å². The van der Waals surface area contributed by atoms with Crippen molar-refractivity contribution >= 4 is 0 Å². The van der Waals surface area contributed by atoms with Crippen molar-refractivity contribution < 1.29 is 8.78 Å². The van der Waals surface area contributed by atoms with Crippen LogP contribution in [0.4, 0.5) is 8.78 Å². The molecular weight excluding hydrogens is 270 g/mol. The van der Waals surface area contributed by atoms with Crippen molar-refractivity contribution in [1.29, 1.82) is 5.26 Å². The lowest BCUT2D eigenvalue weighted by Crippen LogP contribution is -2.14. The number of rotatable bonds is 5. The molecule has 2 aromatic carbocycles. The Bertz CT molecular complexity index is 675. The second kappa shape index (κ2) is 6.96. The lowest BCUT2D eigenvalue weighted by Gasteiger charge is -2.11. The molecule has 0 unspecified atom stereocenters. The van der Waals surface area contributed by atoms with Crippen LogP contribution >= 0.6 is 0 Å². The van der Waals surface area contributed by atoms with E-state index in [1.165, 1.54) is 24.3 Å². The van der Waals surface area contributed by atoms with Gasteiger partial charge in [-0.1, -0.05) is 13.0 Å². The molecule has 0 aliphatic rings. The number of benzene rings is 2. The second-order valence-electron chi connectivity index (χ2n) is 4.82. The molecule has 0 amide bonds. The zero-order valence-corrected chi connectivity index (χ0v) is 11.8. The molecule has 0 aromatic heterocycles. The van der Waals surface area contributed by atoms with Gasteiger partial charge in [-0.15, -0.1) is 0 Å². The average molecular weight is 286 g/mol. The Morgan fingerprint density at radius 1 is 1.10 bits per heavy atom. The van der Waals surface area contributed by atoms with Crippen LogP contribution in [0.3, 0.4) is 0 Å². The zero-order chi connectivity index (χ0) is 15.2. The number of nitriles is 1. The smallest absolute Gasteiger partial charge is 0.125 e. The minimum atomic E-state index is -0.471. The van der Waals surface area contributed by atoms with Gasteiger partial charge in [-0.2, -0.15) is 5.26 Å². The molecule has 4 heteroatoms. The van der Waals surface area contributed by atoms with Crippen LogP contribution < -0.4 is 5.32 Å². The standard InChI is InChI=1S/C17H16F2N2/c1-2-5-21-11-14-9-15(18)3-4-17(14)13-6-12(10-20)7-16(19)8-13/h3-4,6-9,21H,2,5,11H2,1H3. The van der Waals surface area contributed by atoms with Gasteiger partial charge in [0.1, 0.15) is 11.6 Å². The van der Waals surface area contributed by atoms with Crippen LogP contribution in [0.25, 0.3) is 11.1 Å². The zero-order valence-electron chi connectivity index (χ0n) is 11.8.